The third-order valence-corrected chi connectivity index (χ3v) is 4.10. The maximum Gasteiger partial charge on any atom is 0.346 e. The molecule has 1 aliphatic heterocycles. The zero-order valence-electron chi connectivity index (χ0n) is 12.7. The van der Waals surface area contributed by atoms with Gasteiger partial charge in [0, 0.05) is 5.56 Å². The fraction of sp³-hybridized carbons (Fsp3) is 0.562. The first-order valence-electron chi connectivity index (χ1n) is 7.18. The molecular weight excluding hydrogens is 294 g/mol. The summed E-state index contributed by atoms with van der Waals surface area (Å²) >= 11 is 0. The van der Waals surface area contributed by atoms with Gasteiger partial charge in [-0.1, -0.05) is 6.07 Å². The van der Waals surface area contributed by atoms with Gasteiger partial charge in [-0.3, -0.25) is 0 Å². The Balaban J connectivity index is 2.09. The molecule has 120 valence electrons. The molecule has 0 atom stereocenters. The highest BCUT2D eigenvalue weighted by Gasteiger charge is 2.66. The number of benzene rings is 1. The van der Waals surface area contributed by atoms with Gasteiger partial charge in [-0.25, -0.2) is 13.6 Å². The number of hydrogen-bond donors (Lipinski definition) is 1. The van der Waals surface area contributed by atoms with Crippen LogP contribution in [0.3, 0.4) is 0 Å². The van der Waals surface area contributed by atoms with Gasteiger partial charge >= 0.3 is 5.97 Å². The van der Waals surface area contributed by atoms with E-state index in [-0.39, 0.29) is 22.6 Å². The number of alkyl halides is 2. The van der Waals surface area contributed by atoms with Gasteiger partial charge < -0.3 is 14.6 Å². The minimum absolute atomic E-state index is 0.0256. The van der Waals surface area contributed by atoms with Crippen molar-refractivity contribution in [3.8, 4) is 11.5 Å². The lowest BCUT2D eigenvalue weighted by atomic mass is 9.85. The largest absolute Gasteiger partial charge is 0.507 e. The second-order valence-electron chi connectivity index (χ2n) is 6.91. The topological polar surface area (TPSA) is 55.8 Å². The number of rotatable bonds is 1. The molecule has 0 aromatic heterocycles. The molecule has 1 aliphatic carbocycles. The van der Waals surface area contributed by atoms with Gasteiger partial charge in [0.2, 0.25) is 0 Å². The van der Waals surface area contributed by atoms with Crippen molar-refractivity contribution >= 4 is 5.97 Å². The molecule has 0 saturated heterocycles. The molecule has 0 bridgehead atoms. The van der Waals surface area contributed by atoms with Crippen LogP contribution in [0, 0.1) is 0 Å². The Hall–Kier alpha value is -1.85. The summed E-state index contributed by atoms with van der Waals surface area (Å²) in [4.78, 5) is 12.3. The Morgan fingerprint density at radius 2 is 1.95 bits per heavy atom. The van der Waals surface area contributed by atoms with Crippen molar-refractivity contribution < 1.29 is 28.2 Å². The van der Waals surface area contributed by atoms with Crippen molar-refractivity contribution in [1.29, 1.82) is 0 Å². The van der Waals surface area contributed by atoms with E-state index in [0.717, 1.165) is 0 Å². The number of fused-ring (bicyclic) bond motifs is 2. The molecule has 1 N–H and O–H groups in total. The summed E-state index contributed by atoms with van der Waals surface area (Å²) in [6, 6.07) is 2.67. The molecule has 1 spiro atoms. The summed E-state index contributed by atoms with van der Waals surface area (Å²) in [6.07, 6.45) is 0.684. The van der Waals surface area contributed by atoms with Crippen molar-refractivity contribution in [2.24, 2.45) is 0 Å². The number of phenols is 1. The predicted molar refractivity (Wildman–Crippen MR) is 74.6 cm³/mol. The lowest BCUT2D eigenvalue weighted by molar-refractivity contribution is -0.0880. The van der Waals surface area contributed by atoms with E-state index in [1.54, 1.807) is 20.8 Å². The predicted octanol–water partition coefficient (Wildman–Crippen LogP) is 3.41. The van der Waals surface area contributed by atoms with Gasteiger partial charge in [0.15, 0.2) is 6.61 Å². The molecule has 4 nitrogen and oxygen atoms in total. The fourth-order valence-electron chi connectivity index (χ4n) is 2.88. The molecule has 0 radical (unpaired) electrons. The van der Waals surface area contributed by atoms with Crippen LogP contribution in [0.2, 0.25) is 0 Å². The lowest BCUT2D eigenvalue weighted by Crippen LogP contribution is -2.43. The van der Waals surface area contributed by atoms with E-state index >= 15 is 0 Å². The van der Waals surface area contributed by atoms with Crippen LogP contribution in [-0.2, 0) is 10.2 Å². The van der Waals surface area contributed by atoms with Crippen molar-refractivity contribution in [2.45, 2.75) is 50.6 Å². The Kier molecular flexibility index (Phi) is 2.97. The molecule has 2 aliphatic rings. The maximum absolute atomic E-state index is 14.1. The third-order valence-electron chi connectivity index (χ3n) is 4.10. The molecular formula is C16H18F2O4. The van der Waals surface area contributed by atoms with Crippen molar-refractivity contribution in [3.63, 3.8) is 0 Å². The van der Waals surface area contributed by atoms with E-state index in [1.165, 1.54) is 12.1 Å². The third kappa shape index (κ3) is 2.12. The zero-order chi connectivity index (χ0) is 16.3. The molecule has 1 heterocycles. The molecule has 1 fully saturated rings. The van der Waals surface area contributed by atoms with Gasteiger partial charge in [0.25, 0.3) is 5.92 Å². The van der Waals surface area contributed by atoms with Crippen molar-refractivity contribution in [3.05, 3.63) is 23.3 Å². The smallest absolute Gasteiger partial charge is 0.346 e. The van der Waals surface area contributed by atoms with E-state index in [2.05, 4.69) is 0 Å². The number of ether oxygens (including phenoxy) is 2. The molecule has 0 unspecified atom stereocenters. The van der Waals surface area contributed by atoms with Crippen LogP contribution in [0.4, 0.5) is 8.78 Å². The van der Waals surface area contributed by atoms with Gasteiger partial charge in [-0.2, -0.15) is 0 Å². The highest BCUT2D eigenvalue weighted by molar-refractivity contribution is 5.96. The second kappa shape index (κ2) is 4.33. The molecule has 1 aromatic rings. The van der Waals surface area contributed by atoms with Crippen LogP contribution >= 0.6 is 0 Å². The van der Waals surface area contributed by atoms with Crippen LogP contribution < -0.4 is 4.74 Å². The minimum Gasteiger partial charge on any atom is -0.507 e. The van der Waals surface area contributed by atoms with Crippen molar-refractivity contribution in [2.75, 3.05) is 6.61 Å². The Morgan fingerprint density at radius 3 is 2.50 bits per heavy atom. The number of hydrogen-bond acceptors (Lipinski definition) is 4. The maximum atomic E-state index is 14.1. The minimum atomic E-state index is -2.97. The SMILES string of the molecule is CC(C)(C)OC(=O)c1c(O)ccc2c1OCC(F)(F)C21CC1. The average Bonchev–Trinajstić information content (AvgIpc) is 3.14. The number of halogens is 2. The monoisotopic (exact) mass is 312 g/mol. The number of aromatic hydroxyl groups is 1. The molecule has 1 aromatic carbocycles. The van der Waals surface area contributed by atoms with Crippen LogP contribution in [0.15, 0.2) is 12.1 Å². The van der Waals surface area contributed by atoms with E-state index in [4.69, 9.17) is 9.47 Å². The summed E-state index contributed by atoms with van der Waals surface area (Å²) in [5, 5.41) is 9.99. The molecule has 0 amide bonds. The van der Waals surface area contributed by atoms with E-state index in [0.29, 0.717) is 12.8 Å². The first-order valence-corrected chi connectivity index (χ1v) is 7.18. The van der Waals surface area contributed by atoms with Gasteiger partial charge in [-0.05, 0) is 39.7 Å². The standard InChI is InChI=1S/C16H18F2O4/c1-14(2,3)22-13(20)11-10(19)5-4-9-12(11)21-8-16(17,18)15(9)6-7-15/h4-5,19H,6-8H2,1-3H3. The number of phenolic OH excluding ortho intramolecular Hbond substituents is 1. The van der Waals surface area contributed by atoms with E-state index in [9.17, 15) is 18.7 Å². The number of esters is 1. The van der Waals surface area contributed by atoms with Crippen LogP contribution in [-0.4, -0.2) is 29.2 Å². The van der Waals surface area contributed by atoms with E-state index in [1.807, 2.05) is 0 Å². The summed E-state index contributed by atoms with van der Waals surface area (Å²) in [5.41, 5.74) is -1.93. The Morgan fingerprint density at radius 1 is 1.32 bits per heavy atom. The first kappa shape index (κ1) is 15.1. The number of carbonyl (C=O) groups excluding carboxylic acids is 1. The Bertz CT molecular complexity index is 642. The van der Waals surface area contributed by atoms with E-state index < -0.39 is 29.5 Å². The van der Waals surface area contributed by atoms with Crippen molar-refractivity contribution in [1.82, 2.24) is 0 Å². The highest BCUT2D eigenvalue weighted by Crippen LogP contribution is 2.63. The fourth-order valence-corrected chi connectivity index (χ4v) is 2.88. The summed E-state index contributed by atoms with van der Waals surface area (Å²) in [6.45, 7) is 4.28. The second-order valence-corrected chi connectivity index (χ2v) is 6.91. The summed E-state index contributed by atoms with van der Waals surface area (Å²) in [7, 11) is 0. The van der Waals surface area contributed by atoms with Gasteiger partial charge in [-0.15, -0.1) is 0 Å². The molecule has 1 saturated carbocycles. The highest BCUT2D eigenvalue weighted by atomic mass is 19.3. The Labute approximate surface area is 127 Å². The van der Waals surface area contributed by atoms with Crippen LogP contribution in [0.1, 0.15) is 49.5 Å². The van der Waals surface area contributed by atoms with Crippen LogP contribution in [0.5, 0.6) is 11.5 Å². The molecule has 22 heavy (non-hydrogen) atoms. The van der Waals surface area contributed by atoms with Gasteiger partial charge in [0.1, 0.15) is 22.7 Å². The summed E-state index contributed by atoms with van der Waals surface area (Å²) < 4.78 is 38.6. The average molecular weight is 312 g/mol. The van der Waals surface area contributed by atoms with Crippen LogP contribution in [0.25, 0.3) is 0 Å². The summed E-state index contributed by atoms with van der Waals surface area (Å²) in [5.74, 6) is -4.04. The molecule has 3 rings (SSSR count). The lowest BCUT2D eigenvalue weighted by Gasteiger charge is -2.34. The zero-order valence-corrected chi connectivity index (χ0v) is 12.7. The first-order chi connectivity index (χ1) is 10.1. The van der Waals surface area contributed by atoms with Gasteiger partial charge in [0.05, 0.1) is 5.41 Å². The molecule has 6 heteroatoms. The number of carbonyl (C=O) groups is 1. The normalized spacial score (nSPS) is 21.0. The quantitative estimate of drug-likeness (QED) is 0.807.